The molecular weight excluding hydrogens is 256 g/mol. The zero-order chi connectivity index (χ0) is 14.5. The Kier molecular flexibility index (Phi) is 5.32. The van der Waals surface area contributed by atoms with Gasteiger partial charge in [-0.05, 0) is 63.4 Å². The number of hydrogen-bond acceptors (Lipinski definition) is 2. The third-order valence-corrected chi connectivity index (χ3v) is 5.41. The van der Waals surface area contributed by atoms with Crippen LogP contribution in [0.1, 0.15) is 62.1 Å². The summed E-state index contributed by atoms with van der Waals surface area (Å²) in [6.07, 6.45) is 10.9. The summed E-state index contributed by atoms with van der Waals surface area (Å²) in [6.45, 7) is 2.39. The minimum atomic E-state index is 0.598. The van der Waals surface area contributed by atoms with E-state index < -0.39 is 0 Å². The van der Waals surface area contributed by atoms with Crippen LogP contribution in [0.15, 0.2) is 24.3 Å². The van der Waals surface area contributed by atoms with Crippen molar-refractivity contribution in [1.29, 1.82) is 0 Å². The van der Waals surface area contributed by atoms with E-state index in [1.807, 2.05) is 0 Å². The topological polar surface area (TPSA) is 15.3 Å². The first kappa shape index (κ1) is 15.1. The van der Waals surface area contributed by atoms with Gasteiger partial charge in [0.2, 0.25) is 0 Å². The largest absolute Gasteiger partial charge is 0.310 e. The molecule has 0 aromatic heterocycles. The lowest BCUT2D eigenvalue weighted by Gasteiger charge is -2.31. The summed E-state index contributed by atoms with van der Waals surface area (Å²) < 4.78 is 0. The van der Waals surface area contributed by atoms with Gasteiger partial charge >= 0.3 is 0 Å². The number of rotatable bonds is 6. The van der Waals surface area contributed by atoms with Crippen LogP contribution in [0, 0.1) is 0 Å². The highest BCUT2D eigenvalue weighted by molar-refractivity contribution is 5.34. The van der Waals surface area contributed by atoms with Crippen LogP contribution in [0.3, 0.4) is 0 Å². The first-order valence-corrected chi connectivity index (χ1v) is 8.86. The van der Waals surface area contributed by atoms with Gasteiger partial charge in [-0.2, -0.15) is 0 Å². The molecule has 0 spiro atoms. The van der Waals surface area contributed by atoms with Crippen LogP contribution < -0.4 is 5.32 Å². The predicted octanol–water partition coefficient (Wildman–Crippen LogP) is 3.92. The van der Waals surface area contributed by atoms with Crippen molar-refractivity contribution >= 4 is 0 Å². The van der Waals surface area contributed by atoms with E-state index in [2.05, 4.69) is 41.5 Å². The van der Waals surface area contributed by atoms with Crippen LogP contribution in [0.25, 0.3) is 0 Å². The molecule has 1 atom stereocenters. The molecule has 2 aliphatic rings. The minimum absolute atomic E-state index is 0.598. The Balaban J connectivity index is 1.37. The van der Waals surface area contributed by atoms with E-state index in [4.69, 9.17) is 0 Å². The molecule has 3 rings (SSSR count). The lowest BCUT2D eigenvalue weighted by atomic mass is 9.94. The second-order valence-electron chi connectivity index (χ2n) is 6.87. The Morgan fingerprint density at radius 1 is 1.10 bits per heavy atom. The summed E-state index contributed by atoms with van der Waals surface area (Å²) >= 11 is 0. The van der Waals surface area contributed by atoms with Crippen molar-refractivity contribution in [2.75, 3.05) is 20.1 Å². The molecule has 2 aliphatic carbocycles. The maximum atomic E-state index is 3.77. The van der Waals surface area contributed by atoms with Crippen molar-refractivity contribution in [3.05, 3.63) is 35.4 Å². The van der Waals surface area contributed by atoms with E-state index in [0.717, 1.165) is 12.6 Å². The quantitative estimate of drug-likeness (QED) is 0.797. The molecule has 2 nitrogen and oxygen atoms in total. The first-order chi connectivity index (χ1) is 10.3. The highest BCUT2D eigenvalue weighted by Crippen LogP contribution is 2.30. The molecule has 0 heterocycles. The fraction of sp³-hybridized carbons (Fsp3) is 0.684. The number of aryl methyl sites for hydroxylation is 1. The molecule has 2 heteroatoms. The fourth-order valence-electron chi connectivity index (χ4n) is 4.08. The third-order valence-electron chi connectivity index (χ3n) is 5.41. The smallest absolute Gasteiger partial charge is 0.0326 e. The molecule has 1 unspecified atom stereocenters. The highest BCUT2D eigenvalue weighted by atomic mass is 15.1. The van der Waals surface area contributed by atoms with Crippen LogP contribution in [-0.2, 0) is 6.42 Å². The number of nitrogens with one attached hydrogen (secondary N) is 1. The average molecular weight is 286 g/mol. The molecule has 1 saturated carbocycles. The zero-order valence-electron chi connectivity index (χ0n) is 13.5. The van der Waals surface area contributed by atoms with Gasteiger partial charge in [0, 0.05) is 12.1 Å². The standard InChI is InChI=1S/C19H30N2/c1-21(17-9-3-2-4-10-17)15-7-14-20-19-13-12-16-8-5-6-11-18(16)19/h5-6,8,11,17,19-20H,2-4,7,9-10,12-15H2,1H3. The number of nitrogens with zero attached hydrogens (tertiary/aromatic N) is 1. The van der Waals surface area contributed by atoms with Crippen LogP contribution in [0.4, 0.5) is 0 Å². The van der Waals surface area contributed by atoms with Crippen molar-refractivity contribution < 1.29 is 0 Å². The van der Waals surface area contributed by atoms with Gasteiger partial charge in [0.1, 0.15) is 0 Å². The molecule has 1 N–H and O–H groups in total. The van der Waals surface area contributed by atoms with Crippen LogP contribution in [0.2, 0.25) is 0 Å². The van der Waals surface area contributed by atoms with Gasteiger partial charge in [0.15, 0.2) is 0 Å². The number of benzene rings is 1. The molecule has 1 fully saturated rings. The molecule has 0 aliphatic heterocycles. The molecule has 0 amide bonds. The normalized spacial score (nSPS) is 22.7. The molecule has 1 aromatic carbocycles. The monoisotopic (exact) mass is 286 g/mol. The van der Waals surface area contributed by atoms with Crippen molar-refractivity contribution in [2.24, 2.45) is 0 Å². The first-order valence-electron chi connectivity index (χ1n) is 8.86. The van der Waals surface area contributed by atoms with Gasteiger partial charge in [-0.3, -0.25) is 0 Å². The van der Waals surface area contributed by atoms with Crippen molar-refractivity contribution in [3.63, 3.8) is 0 Å². The van der Waals surface area contributed by atoms with E-state index in [9.17, 15) is 0 Å². The minimum Gasteiger partial charge on any atom is -0.310 e. The maximum Gasteiger partial charge on any atom is 0.0326 e. The maximum absolute atomic E-state index is 3.77. The molecule has 21 heavy (non-hydrogen) atoms. The van der Waals surface area contributed by atoms with Crippen molar-refractivity contribution in [1.82, 2.24) is 10.2 Å². The molecule has 116 valence electrons. The Hall–Kier alpha value is -0.860. The lowest BCUT2D eigenvalue weighted by Crippen LogP contribution is -2.35. The molecule has 1 aromatic rings. The van der Waals surface area contributed by atoms with Gasteiger partial charge in [0.05, 0.1) is 0 Å². The summed E-state index contributed by atoms with van der Waals surface area (Å²) in [7, 11) is 2.32. The average Bonchev–Trinajstić information content (AvgIpc) is 2.95. The molecule has 0 bridgehead atoms. The number of fused-ring (bicyclic) bond motifs is 1. The fourth-order valence-corrected chi connectivity index (χ4v) is 4.08. The Bertz CT molecular complexity index is 437. The predicted molar refractivity (Wildman–Crippen MR) is 89.6 cm³/mol. The summed E-state index contributed by atoms with van der Waals surface area (Å²) in [5.41, 5.74) is 3.09. The van der Waals surface area contributed by atoms with E-state index in [1.54, 1.807) is 5.56 Å². The summed E-state index contributed by atoms with van der Waals surface area (Å²) in [5, 5.41) is 3.77. The second-order valence-corrected chi connectivity index (χ2v) is 6.87. The van der Waals surface area contributed by atoms with Crippen LogP contribution >= 0.6 is 0 Å². The van der Waals surface area contributed by atoms with E-state index in [-0.39, 0.29) is 0 Å². The summed E-state index contributed by atoms with van der Waals surface area (Å²) in [4.78, 5) is 2.60. The molecule has 0 saturated heterocycles. The Labute approximate surface area is 129 Å². The number of hydrogen-bond donors (Lipinski definition) is 1. The van der Waals surface area contributed by atoms with Gasteiger partial charge in [0.25, 0.3) is 0 Å². The Morgan fingerprint density at radius 2 is 1.90 bits per heavy atom. The van der Waals surface area contributed by atoms with Gasteiger partial charge in [-0.15, -0.1) is 0 Å². The van der Waals surface area contributed by atoms with Gasteiger partial charge in [-0.1, -0.05) is 43.5 Å². The lowest BCUT2D eigenvalue weighted by molar-refractivity contribution is 0.189. The summed E-state index contributed by atoms with van der Waals surface area (Å²) in [5.74, 6) is 0. The molecule has 0 radical (unpaired) electrons. The van der Waals surface area contributed by atoms with E-state index in [0.29, 0.717) is 6.04 Å². The van der Waals surface area contributed by atoms with E-state index in [1.165, 1.54) is 63.5 Å². The third kappa shape index (κ3) is 3.87. The second kappa shape index (κ2) is 7.42. The van der Waals surface area contributed by atoms with E-state index >= 15 is 0 Å². The zero-order valence-corrected chi connectivity index (χ0v) is 13.5. The van der Waals surface area contributed by atoms with Gasteiger partial charge < -0.3 is 10.2 Å². The van der Waals surface area contributed by atoms with Crippen molar-refractivity contribution in [2.45, 2.75) is 63.5 Å². The van der Waals surface area contributed by atoms with Crippen LogP contribution in [-0.4, -0.2) is 31.1 Å². The van der Waals surface area contributed by atoms with Crippen molar-refractivity contribution in [3.8, 4) is 0 Å². The Morgan fingerprint density at radius 3 is 2.76 bits per heavy atom. The highest BCUT2D eigenvalue weighted by Gasteiger charge is 2.21. The molecular formula is C19H30N2. The van der Waals surface area contributed by atoms with Gasteiger partial charge in [-0.25, -0.2) is 0 Å². The van der Waals surface area contributed by atoms with Crippen LogP contribution in [0.5, 0.6) is 0 Å². The summed E-state index contributed by atoms with van der Waals surface area (Å²) in [6, 6.07) is 10.4. The SMILES string of the molecule is CN(CCCNC1CCc2ccccc21)C1CCCCC1.